The first-order valence-corrected chi connectivity index (χ1v) is 14.2. The Morgan fingerprint density at radius 2 is 1.84 bits per heavy atom. The maximum atomic E-state index is 14.3. The molecule has 1 amide bonds. The Kier molecular flexibility index (Phi) is 10.9. The molecular formula is C29H32ClFN4O8. The van der Waals surface area contributed by atoms with E-state index >= 15 is 0 Å². The van der Waals surface area contributed by atoms with E-state index in [1.807, 2.05) is 0 Å². The number of ether oxygens (including phenoxy) is 3. The van der Waals surface area contributed by atoms with E-state index in [9.17, 15) is 29.1 Å². The fourth-order valence-electron chi connectivity index (χ4n) is 4.75. The normalized spacial score (nSPS) is 15.6. The lowest BCUT2D eigenvalue weighted by Crippen LogP contribution is -2.41. The van der Waals surface area contributed by atoms with Gasteiger partial charge < -0.3 is 29.8 Å². The van der Waals surface area contributed by atoms with Gasteiger partial charge >= 0.3 is 12.1 Å². The molecule has 43 heavy (non-hydrogen) atoms. The van der Waals surface area contributed by atoms with Crippen LogP contribution in [0.15, 0.2) is 48.7 Å². The predicted octanol–water partition coefficient (Wildman–Crippen LogP) is 4.44. The van der Waals surface area contributed by atoms with Gasteiger partial charge in [-0.1, -0.05) is 47.1 Å². The second-order valence-electron chi connectivity index (χ2n) is 10.2. The van der Waals surface area contributed by atoms with Crippen LogP contribution in [-0.4, -0.2) is 68.0 Å². The molecule has 0 bridgehead atoms. The summed E-state index contributed by atoms with van der Waals surface area (Å²) in [6.07, 6.45) is 1.05. The molecule has 0 aliphatic heterocycles. The third kappa shape index (κ3) is 9.38. The highest BCUT2D eigenvalue weighted by Crippen LogP contribution is 2.27. The quantitative estimate of drug-likeness (QED) is 0.159. The second-order valence-corrected chi connectivity index (χ2v) is 10.7. The van der Waals surface area contributed by atoms with Crippen LogP contribution in [0.1, 0.15) is 61.5 Å². The van der Waals surface area contributed by atoms with Crippen LogP contribution < -0.4 is 5.32 Å². The lowest BCUT2D eigenvalue weighted by molar-refractivity contribution is -0.179. The third-order valence-corrected chi connectivity index (χ3v) is 7.10. The number of esters is 1. The van der Waals surface area contributed by atoms with Crippen molar-refractivity contribution in [1.82, 2.24) is 20.5 Å². The number of rotatable bonds is 11. The van der Waals surface area contributed by atoms with Crippen molar-refractivity contribution < 1.29 is 43.3 Å². The first-order valence-electron chi connectivity index (χ1n) is 13.8. The zero-order valence-electron chi connectivity index (χ0n) is 23.3. The molecular weight excluding hydrogens is 587 g/mol. The average Bonchev–Trinajstić information content (AvgIpc) is 3.41. The number of benzene rings is 2. The van der Waals surface area contributed by atoms with Gasteiger partial charge in [-0.3, -0.25) is 4.79 Å². The topological polar surface area (TPSA) is 162 Å². The summed E-state index contributed by atoms with van der Waals surface area (Å²) in [5.74, 6) is -2.24. The van der Waals surface area contributed by atoms with Crippen LogP contribution in [0.4, 0.5) is 9.18 Å². The first-order chi connectivity index (χ1) is 20.6. The highest BCUT2D eigenvalue weighted by Gasteiger charge is 2.28. The minimum atomic E-state index is -1.71. The third-order valence-electron chi connectivity index (χ3n) is 6.86. The van der Waals surface area contributed by atoms with Crippen molar-refractivity contribution in [3.63, 3.8) is 0 Å². The number of nitrogens with one attached hydrogen (secondary N) is 1. The second kappa shape index (κ2) is 14.8. The van der Waals surface area contributed by atoms with Gasteiger partial charge in [0.25, 0.3) is 5.91 Å². The number of aromatic nitrogens is 3. The van der Waals surface area contributed by atoms with Gasteiger partial charge in [0.1, 0.15) is 11.9 Å². The van der Waals surface area contributed by atoms with Crippen molar-refractivity contribution in [2.45, 2.75) is 76.4 Å². The Labute approximate surface area is 251 Å². The Morgan fingerprint density at radius 1 is 1.12 bits per heavy atom. The van der Waals surface area contributed by atoms with Gasteiger partial charge in [0.15, 0.2) is 11.8 Å². The zero-order valence-corrected chi connectivity index (χ0v) is 24.1. The standard InChI is InChI=1S/C29H32ClFN4O8/c1-17(42-29(39)43-22-5-3-2-4-6-22)41-28(38)26(36)15-21(32-27(37)25-16-35(40)34-33-25)13-18-7-9-19(10-8-18)23-14-20(30)11-12-24(23)31/h7-12,14,16-17,21-22,26,36,40H,2-6,13,15H2,1H3,(H,32,37)/t17?,21-,26?/m1/s1. The molecule has 1 aromatic heterocycles. The molecule has 0 saturated heterocycles. The lowest BCUT2D eigenvalue weighted by Gasteiger charge is -2.23. The number of halogens is 2. The monoisotopic (exact) mass is 618 g/mol. The molecule has 0 radical (unpaired) electrons. The molecule has 4 rings (SSSR count). The average molecular weight is 619 g/mol. The van der Waals surface area contributed by atoms with Gasteiger partial charge in [-0.25, -0.2) is 14.0 Å². The molecule has 1 fully saturated rings. The number of carbonyl (C=O) groups excluding carboxylic acids is 3. The molecule has 0 spiro atoms. The van der Waals surface area contributed by atoms with Crippen LogP contribution >= 0.6 is 11.6 Å². The summed E-state index contributed by atoms with van der Waals surface area (Å²) >= 11 is 6.01. The summed E-state index contributed by atoms with van der Waals surface area (Å²) in [6, 6.07) is 10.2. The summed E-state index contributed by atoms with van der Waals surface area (Å²) in [6.45, 7) is 1.31. The van der Waals surface area contributed by atoms with Crippen molar-refractivity contribution in [2.75, 3.05) is 0 Å². The van der Waals surface area contributed by atoms with Crippen LogP contribution in [-0.2, 0) is 25.4 Å². The molecule has 1 saturated carbocycles. The number of nitrogens with zero attached hydrogens (tertiary/aromatic N) is 3. The Hall–Kier alpha value is -4.23. The zero-order chi connectivity index (χ0) is 30.9. The van der Waals surface area contributed by atoms with Gasteiger partial charge in [-0.05, 0) is 66.6 Å². The van der Waals surface area contributed by atoms with Crippen molar-refractivity contribution in [3.05, 3.63) is 70.8 Å². The largest absolute Gasteiger partial charge is 0.511 e. The van der Waals surface area contributed by atoms with E-state index in [4.69, 9.17) is 25.8 Å². The number of carbonyl (C=O) groups is 3. The Morgan fingerprint density at radius 3 is 2.51 bits per heavy atom. The molecule has 1 heterocycles. The molecule has 3 aromatic rings. The molecule has 230 valence electrons. The summed E-state index contributed by atoms with van der Waals surface area (Å²) < 4.78 is 29.6. The summed E-state index contributed by atoms with van der Waals surface area (Å²) in [5.41, 5.74) is 1.37. The van der Waals surface area contributed by atoms with Crippen LogP contribution in [0, 0.1) is 5.82 Å². The summed E-state index contributed by atoms with van der Waals surface area (Å²) in [5, 5.41) is 29.9. The SMILES string of the molecule is CC(OC(=O)OC1CCCCC1)OC(=O)C(O)C[C@@H](Cc1ccc(-c2cc(Cl)ccc2F)cc1)NC(=O)c1cn(O)nn1. The lowest BCUT2D eigenvalue weighted by atomic mass is 9.97. The van der Waals surface area contributed by atoms with Crippen molar-refractivity contribution >= 4 is 29.6 Å². The predicted molar refractivity (Wildman–Crippen MR) is 150 cm³/mol. The van der Waals surface area contributed by atoms with E-state index < -0.39 is 42.3 Å². The van der Waals surface area contributed by atoms with Crippen LogP contribution in [0.5, 0.6) is 0 Å². The molecule has 12 nitrogen and oxygen atoms in total. The van der Waals surface area contributed by atoms with Crippen molar-refractivity contribution in [3.8, 4) is 11.1 Å². The van der Waals surface area contributed by atoms with Gasteiger partial charge in [0.2, 0.25) is 6.29 Å². The van der Waals surface area contributed by atoms with E-state index in [2.05, 4.69) is 15.6 Å². The highest BCUT2D eigenvalue weighted by atomic mass is 35.5. The van der Waals surface area contributed by atoms with E-state index in [-0.39, 0.29) is 24.6 Å². The van der Waals surface area contributed by atoms with Gasteiger partial charge in [-0.15, -0.1) is 5.10 Å². The number of hydrogen-bond acceptors (Lipinski definition) is 10. The fourth-order valence-corrected chi connectivity index (χ4v) is 4.92. The van der Waals surface area contributed by atoms with Gasteiger partial charge in [0.05, 0.1) is 6.20 Å². The van der Waals surface area contributed by atoms with Gasteiger partial charge in [-0.2, -0.15) is 0 Å². The molecule has 1 aliphatic rings. The summed E-state index contributed by atoms with van der Waals surface area (Å²) in [7, 11) is 0. The highest BCUT2D eigenvalue weighted by molar-refractivity contribution is 6.30. The molecule has 2 unspecified atom stereocenters. The molecule has 2 aromatic carbocycles. The number of aliphatic hydroxyl groups is 1. The molecule has 1 aliphatic carbocycles. The molecule has 3 atom stereocenters. The van der Waals surface area contributed by atoms with E-state index in [0.29, 0.717) is 26.6 Å². The van der Waals surface area contributed by atoms with E-state index in [1.54, 1.807) is 24.3 Å². The van der Waals surface area contributed by atoms with E-state index in [0.717, 1.165) is 38.3 Å². The fraction of sp³-hybridized carbons (Fsp3) is 0.414. The van der Waals surface area contributed by atoms with Crippen LogP contribution in [0.25, 0.3) is 11.1 Å². The van der Waals surface area contributed by atoms with Crippen LogP contribution in [0.2, 0.25) is 5.02 Å². The maximum absolute atomic E-state index is 14.3. The number of amides is 1. The smallest absolute Gasteiger partial charge is 0.431 e. The first kappa shape index (κ1) is 31.7. The summed E-state index contributed by atoms with van der Waals surface area (Å²) in [4.78, 5) is 37.8. The minimum absolute atomic E-state index is 0.140. The maximum Gasteiger partial charge on any atom is 0.511 e. The van der Waals surface area contributed by atoms with E-state index in [1.165, 1.54) is 25.1 Å². The Balaban J connectivity index is 1.39. The van der Waals surface area contributed by atoms with Crippen LogP contribution in [0.3, 0.4) is 0 Å². The number of aliphatic hydroxyl groups excluding tert-OH is 1. The van der Waals surface area contributed by atoms with Gasteiger partial charge in [0, 0.05) is 30.0 Å². The number of hydrogen-bond donors (Lipinski definition) is 3. The minimum Gasteiger partial charge on any atom is -0.431 e. The Bertz CT molecular complexity index is 1410. The van der Waals surface area contributed by atoms with Crippen molar-refractivity contribution in [2.24, 2.45) is 0 Å². The van der Waals surface area contributed by atoms with Crippen molar-refractivity contribution in [1.29, 1.82) is 0 Å². The molecule has 3 N–H and O–H groups in total. The molecule has 14 heteroatoms.